The first-order chi connectivity index (χ1) is 6.65. The fraction of sp³-hybridized carbons (Fsp3) is 0.200. The summed E-state index contributed by atoms with van der Waals surface area (Å²) in [6.45, 7) is 1.33. The van der Waals surface area contributed by atoms with Crippen LogP contribution in [0.2, 0.25) is 0 Å². The van der Waals surface area contributed by atoms with Crippen molar-refractivity contribution in [2.45, 2.75) is 6.92 Å². The second kappa shape index (κ2) is 4.41. The second-order valence-electron chi connectivity index (χ2n) is 2.64. The molecule has 4 heteroatoms. The van der Waals surface area contributed by atoms with Crippen LogP contribution in [0.1, 0.15) is 17.3 Å². The zero-order chi connectivity index (χ0) is 10.6. The van der Waals surface area contributed by atoms with E-state index in [0.717, 1.165) is 0 Å². The normalized spacial score (nSPS) is 11.1. The van der Waals surface area contributed by atoms with Gasteiger partial charge in [-0.25, -0.2) is 4.79 Å². The molecule has 0 atom stereocenters. The predicted molar refractivity (Wildman–Crippen MR) is 50.6 cm³/mol. The molecule has 0 fully saturated rings. The van der Waals surface area contributed by atoms with Crippen molar-refractivity contribution in [3.63, 3.8) is 0 Å². The Bertz CT molecular complexity index is 367. The average Bonchev–Trinajstić information content (AvgIpc) is 2.16. The first-order valence-corrected chi connectivity index (χ1v) is 4.05. The van der Waals surface area contributed by atoms with Crippen LogP contribution in [-0.4, -0.2) is 19.0 Å². The van der Waals surface area contributed by atoms with E-state index in [-0.39, 0.29) is 5.90 Å². The van der Waals surface area contributed by atoms with E-state index < -0.39 is 5.97 Å². The summed E-state index contributed by atoms with van der Waals surface area (Å²) in [5.74, 6) is -0.841. The number of carbonyl (C=O) groups is 1. The molecule has 0 bridgehead atoms. The van der Waals surface area contributed by atoms with E-state index in [9.17, 15) is 9.90 Å². The number of nitrogens with zero attached hydrogens (tertiary/aromatic N) is 1. The second-order valence-corrected chi connectivity index (χ2v) is 2.64. The quantitative estimate of drug-likeness (QED) is 0.397. The summed E-state index contributed by atoms with van der Waals surface area (Å²) < 4.78 is 4.55. The van der Waals surface area contributed by atoms with Crippen molar-refractivity contribution in [2.24, 2.45) is 4.99 Å². The van der Waals surface area contributed by atoms with E-state index in [1.54, 1.807) is 24.3 Å². The molecule has 0 heterocycles. The summed E-state index contributed by atoms with van der Waals surface area (Å²) in [6.07, 6.45) is 0. The molecule has 0 amide bonds. The minimum Gasteiger partial charge on any atom is -0.862 e. The minimum atomic E-state index is -0.495. The van der Waals surface area contributed by atoms with Crippen molar-refractivity contribution in [2.75, 3.05) is 7.11 Å². The summed E-state index contributed by atoms with van der Waals surface area (Å²) in [5, 5.41) is 10.8. The first-order valence-electron chi connectivity index (χ1n) is 4.05. The molecule has 0 saturated heterocycles. The van der Waals surface area contributed by atoms with Crippen LogP contribution < -0.4 is 5.11 Å². The number of para-hydroxylation sites is 1. The van der Waals surface area contributed by atoms with Gasteiger partial charge in [0.15, 0.2) is 0 Å². The van der Waals surface area contributed by atoms with Crippen LogP contribution in [0, 0.1) is 0 Å². The van der Waals surface area contributed by atoms with Crippen LogP contribution in [0.5, 0.6) is 0 Å². The minimum absolute atomic E-state index is 0.296. The van der Waals surface area contributed by atoms with Crippen LogP contribution in [-0.2, 0) is 4.74 Å². The molecule has 0 aromatic heterocycles. The molecule has 0 aliphatic heterocycles. The number of esters is 1. The fourth-order valence-corrected chi connectivity index (χ4v) is 1.02. The van der Waals surface area contributed by atoms with Gasteiger partial charge in [0.1, 0.15) is 0 Å². The largest absolute Gasteiger partial charge is 0.862 e. The van der Waals surface area contributed by atoms with Gasteiger partial charge < -0.3 is 9.84 Å². The number of hydrogen-bond acceptors (Lipinski definition) is 4. The summed E-state index contributed by atoms with van der Waals surface area (Å²) >= 11 is 0. The molecule has 0 radical (unpaired) electrons. The standard InChI is InChI=1S/C10H11NO3/c1-7(12)11-9-6-4-3-5-8(9)10(13)14-2/h3-6H,1-2H3,(H,11,12)/p-1. The summed E-state index contributed by atoms with van der Waals surface area (Å²) in [4.78, 5) is 14.9. The van der Waals surface area contributed by atoms with Crippen molar-refractivity contribution >= 4 is 17.6 Å². The highest BCUT2D eigenvalue weighted by Crippen LogP contribution is 2.19. The monoisotopic (exact) mass is 192 g/mol. The van der Waals surface area contributed by atoms with Crippen LogP contribution in [0.4, 0.5) is 5.69 Å². The maximum absolute atomic E-state index is 11.2. The highest BCUT2D eigenvalue weighted by Gasteiger charge is 2.09. The van der Waals surface area contributed by atoms with E-state index >= 15 is 0 Å². The zero-order valence-corrected chi connectivity index (χ0v) is 7.98. The molecule has 0 aliphatic rings. The maximum Gasteiger partial charge on any atom is 0.340 e. The number of rotatable bonds is 2. The topological polar surface area (TPSA) is 61.7 Å². The number of carbonyl (C=O) groups excluding carboxylic acids is 1. The number of hydrogen-bond donors (Lipinski definition) is 0. The number of benzene rings is 1. The Morgan fingerprint density at radius 2 is 2.07 bits per heavy atom. The lowest BCUT2D eigenvalue weighted by molar-refractivity contribution is -0.215. The van der Waals surface area contributed by atoms with Crippen LogP contribution in [0.25, 0.3) is 0 Å². The first kappa shape index (κ1) is 10.2. The third kappa shape index (κ3) is 2.32. The van der Waals surface area contributed by atoms with Gasteiger partial charge in [-0.05, 0) is 25.0 Å². The molecule has 1 rings (SSSR count). The van der Waals surface area contributed by atoms with Gasteiger partial charge in [0.2, 0.25) is 0 Å². The Kier molecular flexibility index (Phi) is 3.23. The van der Waals surface area contributed by atoms with Gasteiger partial charge >= 0.3 is 5.97 Å². The number of methoxy groups -OCH3 is 1. The molecule has 0 saturated carbocycles. The van der Waals surface area contributed by atoms with Gasteiger partial charge in [0.25, 0.3) is 0 Å². The fourth-order valence-electron chi connectivity index (χ4n) is 1.02. The summed E-state index contributed by atoms with van der Waals surface area (Å²) in [5.41, 5.74) is 0.636. The third-order valence-electron chi connectivity index (χ3n) is 1.59. The number of aliphatic imine (C=N–C) groups is 1. The Labute approximate surface area is 81.9 Å². The van der Waals surface area contributed by atoms with E-state index in [1.165, 1.54) is 14.0 Å². The Hall–Kier alpha value is -1.84. The van der Waals surface area contributed by atoms with Crippen molar-refractivity contribution < 1.29 is 14.6 Å². The highest BCUT2D eigenvalue weighted by molar-refractivity contribution is 5.95. The number of ether oxygens (including phenoxy) is 1. The highest BCUT2D eigenvalue weighted by atomic mass is 16.5. The Balaban J connectivity index is 3.16. The molecule has 74 valence electrons. The van der Waals surface area contributed by atoms with Crippen molar-refractivity contribution in [1.82, 2.24) is 0 Å². The lowest BCUT2D eigenvalue weighted by Crippen LogP contribution is -2.11. The molecule has 0 spiro atoms. The molecule has 1 aromatic carbocycles. The lowest BCUT2D eigenvalue weighted by Gasteiger charge is -2.06. The lowest BCUT2D eigenvalue weighted by atomic mass is 10.2. The van der Waals surface area contributed by atoms with Crippen molar-refractivity contribution in [3.8, 4) is 0 Å². The van der Waals surface area contributed by atoms with E-state index in [1.807, 2.05) is 0 Å². The molecule has 1 aromatic rings. The van der Waals surface area contributed by atoms with Crippen molar-refractivity contribution in [3.05, 3.63) is 29.8 Å². The molecule has 0 unspecified atom stereocenters. The molecule has 4 nitrogen and oxygen atoms in total. The van der Waals surface area contributed by atoms with Crippen LogP contribution in [0.3, 0.4) is 0 Å². The van der Waals surface area contributed by atoms with Gasteiger partial charge in [0, 0.05) is 0 Å². The Morgan fingerprint density at radius 1 is 1.43 bits per heavy atom. The van der Waals surface area contributed by atoms with E-state index in [0.29, 0.717) is 11.3 Å². The molecule has 0 N–H and O–H groups in total. The van der Waals surface area contributed by atoms with Crippen LogP contribution in [0.15, 0.2) is 29.3 Å². The van der Waals surface area contributed by atoms with Crippen molar-refractivity contribution in [1.29, 1.82) is 0 Å². The maximum atomic E-state index is 11.2. The SMILES string of the molecule is COC(=O)c1ccccc1N=C(C)[O-]. The third-order valence-corrected chi connectivity index (χ3v) is 1.59. The molecular formula is C10H10NO3-. The predicted octanol–water partition coefficient (Wildman–Crippen LogP) is 0.883. The van der Waals surface area contributed by atoms with Gasteiger partial charge in [-0.2, -0.15) is 0 Å². The summed E-state index contributed by atoms with van der Waals surface area (Å²) in [6, 6.07) is 6.54. The molecule has 14 heavy (non-hydrogen) atoms. The van der Waals surface area contributed by atoms with Gasteiger partial charge in [-0.3, -0.25) is 4.99 Å². The Morgan fingerprint density at radius 3 is 2.64 bits per heavy atom. The van der Waals surface area contributed by atoms with Gasteiger partial charge in [-0.1, -0.05) is 12.1 Å². The van der Waals surface area contributed by atoms with Gasteiger partial charge in [0.05, 0.1) is 18.4 Å². The molecular weight excluding hydrogens is 182 g/mol. The zero-order valence-electron chi connectivity index (χ0n) is 7.98. The summed E-state index contributed by atoms with van der Waals surface area (Å²) in [7, 11) is 1.28. The molecule has 0 aliphatic carbocycles. The average molecular weight is 192 g/mol. The van der Waals surface area contributed by atoms with E-state index in [4.69, 9.17) is 0 Å². The van der Waals surface area contributed by atoms with Gasteiger partial charge in [-0.15, -0.1) is 0 Å². The van der Waals surface area contributed by atoms with Crippen LogP contribution >= 0.6 is 0 Å². The smallest absolute Gasteiger partial charge is 0.340 e. The van der Waals surface area contributed by atoms with E-state index in [2.05, 4.69) is 9.73 Å².